The molecule has 2 aliphatic rings. The predicted molar refractivity (Wildman–Crippen MR) is 137 cm³/mol. The molecular weight excluding hydrogens is 495 g/mol. The highest BCUT2D eigenvalue weighted by molar-refractivity contribution is 14.0. The van der Waals surface area contributed by atoms with Gasteiger partial charge in [0.05, 0.1) is 6.54 Å². The molecule has 0 aliphatic carbocycles. The average Bonchev–Trinajstić information content (AvgIpc) is 3.17. The van der Waals surface area contributed by atoms with Crippen LogP contribution in [0, 0.1) is 5.92 Å². The summed E-state index contributed by atoms with van der Waals surface area (Å²) in [6, 6.07) is 8.80. The first-order valence-electron chi connectivity index (χ1n) is 10.7. The van der Waals surface area contributed by atoms with Crippen molar-refractivity contribution in [2.75, 3.05) is 43.4 Å². The van der Waals surface area contributed by atoms with Crippen LogP contribution in [0.5, 0.6) is 0 Å². The Labute approximate surface area is 197 Å². The number of halogens is 1. The van der Waals surface area contributed by atoms with Crippen molar-refractivity contribution in [1.29, 1.82) is 0 Å². The molecule has 3 rings (SSSR count). The standard InChI is InChI=1S/C22H36N4OS.HI/c1-3-23-21(25-17-22(2)11-4-14-28-22)24-15-18-5-7-20(8-6-18)26-12-9-19(16-27)10-13-26;/h5-8,19,27H,3-4,9-17H2,1-2H3,(H2,23,24,25);1H. The van der Waals surface area contributed by atoms with Crippen molar-refractivity contribution in [2.45, 2.75) is 50.8 Å². The lowest BCUT2D eigenvalue weighted by molar-refractivity contribution is 0.203. The fraction of sp³-hybridized carbons (Fsp3) is 0.682. The van der Waals surface area contributed by atoms with Crippen LogP contribution in [0.3, 0.4) is 0 Å². The van der Waals surface area contributed by atoms with Gasteiger partial charge in [0.25, 0.3) is 0 Å². The largest absolute Gasteiger partial charge is 0.396 e. The van der Waals surface area contributed by atoms with E-state index >= 15 is 0 Å². The van der Waals surface area contributed by atoms with E-state index in [0.29, 0.717) is 23.8 Å². The Morgan fingerprint density at radius 1 is 1.24 bits per heavy atom. The molecule has 0 spiro atoms. The van der Waals surface area contributed by atoms with Crippen LogP contribution in [0.4, 0.5) is 5.69 Å². The van der Waals surface area contributed by atoms with Crippen molar-refractivity contribution in [2.24, 2.45) is 10.9 Å². The Bertz CT molecular complexity index is 626. The fourth-order valence-electron chi connectivity index (χ4n) is 3.94. The lowest BCUT2D eigenvalue weighted by Crippen LogP contribution is -2.43. The number of hydrogen-bond donors (Lipinski definition) is 3. The Balaban J connectivity index is 0.00000300. The third-order valence-corrected chi connectivity index (χ3v) is 7.41. The third-order valence-electron chi connectivity index (χ3n) is 5.87. The summed E-state index contributed by atoms with van der Waals surface area (Å²) in [5.41, 5.74) is 2.51. The van der Waals surface area contributed by atoms with E-state index in [-0.39, 0.29) is 24.0 Å². The van der Waals surface area contributed by atoms with E-state index < -0.39 is 0 Å². The van der Waals surface area contributed by atoms with Gasteiger partial charge >= 0.3 is 0 Å². The van der Waals surface area contributed by atoms with Gasteiger partial charge in [0.2, 0.25) is 0 Å². The van der Waals surface area contributed by atoms with Crippen LogP contribution in [-0.4, -0.2) is 54.4 Å². The zero-order chi connectivity index (χ0) is 19.8. The molecule has 5 nitrogen and oxygen atoms in total. The van der Waals surface area contributed by atoms with Gasteiger partial charge in [-0.2, -0.15) is 11.8 Å². The lowest BCUT2D eigenvalue weighted by atomic mass is 9.97. The molecule has 7 heteroatoms. The quantitative estimate of drug-likeness (QED) is 0.283. The summed E-state index contributed by atoms with van der Waals surface area (Å²) in [6.45, 7) is 9.38. The summed E-state index contributed by atoms with van der Waals surface area (Å²) >= 11 is 2.07. The molecule has 1 aromatic carbocycles. The number of anilines is 1. The zero-order valence-corrected chi connectivity index (χ0v) is 21.0. The number of aliphatic imine (C=N–C) groups is 1. The maximum Gasteiger partial charge on any atom is 0.191 e. The van der Waals surface area contributed by atoms with Crippen molar-refractivity contribution < 1.29 is 5.11 Å². The van der Waals surface area contributed by atoms with Gasteiger partial charge < -0.3 is 20.6 Å². The summed E-state index contributed by atoms with van der Waals surface area (Å²) in [5.74, 6) is 2.66. The molecule has 1 unspecified atom stereocenters. The Hall–Kier alpha value is -0.670. The number of aliphatic hydroxyl groups is 1. The number of nitrogens with zero attached hydrogens (tertiary/aromatic N) is 2. The SMILES string of the molecule is CCNC(=NCc1ccc(N2CCC(CO)CC2)cc1)NCC1(C)CCCS1.I. The van der Waals surface area contributed by atoms with Crippen LogP contribution in [0.15, 0.2) is 29.3 Å². The van der Waals surface area contributed by atoms with Crippen molar-refractivity contribution in [3.8, 4) is 0 Å². The average molecular weight is 533 g/mol. The molecule has 3 N–H and O–H groups in total. The van der Waals surface area contributed by atoms with Crippen molar-refractivity contribution in [3.63, 3.8) is 0 Å². The maximum absolute atomic E-state index is 9.30. The highest BCUT2D eigenvalue weighted by Gasteiger charge is 2.29. The van der Waals surface area contributed by atoms with Gasteiger partial charge in [0.1, 0.15) is 0 Å². The van der Waals surface area contributed by atoms with Crippen LogP contribution >= 0.6 is 35.7 Å². The second-order valence-corrected chi connectivity index (χ2v) is 9.91. The highest BCUT2D eigenvalue weighted by Crippen LogP contribution is 2.36. The molecular formula is C22H37IN4OS. The van der Waals surface area contributed by atoms with E-state index in [1.807, 2.05) is 0 Å². The summed E-state index contributed by atoms with van der Waals surface area (Å²) in [7, 11) is 0. The summed E-state index contributed by atoms with van der Waals surface area (Å²) in [5, 5.41) is 16.2. The highest BCUT2D eigenvalue weighted by atomic mass is 127. The molecule has 2 saturated heterocycles. The Morgan fingerprint density at radius 3 is 2.55 bits per heavy atom. The minimum absolute atomic E-state index is 0. The normalized spacial score (nSPS) is 23.0. The molecule has 2 fully saturated rings. The van der Waals surface area contributed by atoms with E-state index in [1.165, 1.54) is 29.8 Å². The first-order valence-corrected chi connectivity index (χ1v) is 11.7. The molecule has 0 amide bonds. The van der Waals surface area contributed by atoms with Crippen LogP contribution in [0.25, 0.3) is 0 Å². The van der Waals surface area contributed by atoms with Gasteiger partial charge in [0, 0.05) is 43.2 Å². The van der Waals surface area contributed by atoms with E-state index in [0.717, 1.165) is 45.0 Å². The van der Waals surface area contributed by atoms with Crippen LogP contribution in [0.2, 0.25) is 0 Å². The molecule has 2 aliphatic heterocycles. The Kier molecular flexibility index (Phi) is 10.4. The van der Waals surface area contributed by atoms with E-state index in [9.17, 15) is 5.11 Å². The lowest BCUT2D eigenvalue weighted by Gasteiger charge is -2.32. The number of nitrogens with one attached hydrogen (secondary N) is 2. The minimum Gasteiger partial charge on any atom is -0.396 e. The van der Waals surface area contributed by atoms with Gasteiger partial charge in [-0.1, -0.05) is 12.1 Å². The Morgan fingerprint density at radius 2 is 1.97 bits per heavy atom. The van der Waals surface area contributed by atoms with E-state index in [4.69, 9.17) is 4.99 Å². The molecule has 164 valence electrons. The third kappa shape index (κ3) is 7.51. The van der Waals surface area contributed by atoms with Gasteiger partial charge in [0.15, 0.2) is 5.96 Å². The number of rotatable bonds is 7. The topological polar surface area (TPSA) is 59.9 Å². The predicted octanol–water partition coefficient (Wildman–Crippen LogP) is 3.85. The van der Waals surface area contributed by atoms with Gasteiger partial charge in [-0.05, 0) is 68.9 Å². The minimum atomic E-state index is 0. The van der Waals surface area contributed by atoms with Gasteiger partial charge in [-0.15, -0.1) is 24.0 Å². The smallest absolute Gasteiger partial charge is 0.191 e. The number of hydrogen-bond acceptors (Lipinski definition) is 4. The van der Waals surface area contributed by atoms with Crippen LogP contribution in [-0.2, 0) is 6.54 Å². The van der Waals surface area contributed by atoms with Crippen molar-refractivity contribution >= 4 is 47.4 Å². The first-order chi connectivity index (χ1) is 13.6. The molecule has 0 bridgehead atoms. The monoisotopic (exact) mass is 532 g/mol. The number of aliphatic hydroxyl groups excluding tert-OH is 1. The molecule has 1 aromatic rings. The maximum atomic E-state index is 9.30. The second kappa shape index (κ2) is 12.2. The van der Waals surface area contributed by atoms with Crippen molar-refractivity contribution in [3.05, 3.63) is 29.8 Å². The number of thioether (sulfide) groups is 1. The summed E-state index contributed by atoms with van der Waals surface area (Å²) < 4.78 is 0.335. The van der Waals surface area contributed by atoms with Gasteiger partial charge in [-0.3, -0.25) is 0 Å². The summed E-state index contributed by atoms with van der Waals surface area (Å²) in [4.78, 5) is 7.20. The molecule has 1 atom stereocenters. The van der Waals surface area contributed by atoms with Crippen molar-refractivity contribution in [1.82, 2.24) is 10.6 Å². The molecule has 0 radical (unpaired) electrons. The molecule has 0 aromatic heterocycles. The fourth-order valence-corrected chi connectivity index (χ4v) is 5.19. The molecule has 0 saturated carbocycles. The number of piperidine rings is 1. The summed E-state index contributed by atoms with van der Waals surface area (Å²) in [6.07, 6.45) is 4.76. The van der Waals surface area contributed by atoms with E-state index in [2.05, 4.69) is 65.4 Å². The van der Waals surface area contributed by atoms with E-state index in [1.54, 1.807) is 0 Å². The molecule has 29 heavy (non-hydrogen) atoms. The van der Waals surface area contributed by atoms with Crippen LogP contribution < -0.4 is 15.5 Å². The first kappa shape index (κ1) is 24.6. The van der Waals surface area contributed by atoms with Crippen LogP contribution in [0.1, 0.15) is 45.1 Å². The second-order valence-electron chi connectivity index (χ2n) is 8.23. The zero-order valence-electron chi connectivity index (χ0n) is 17.8. The van der Waals surface area contributed by atoms with Gasteiger partial charge in [-0.25, -0.2) is 4.99 Å². The number of benzene rings is 1. The molecule has 2 heterocycles. The number of guanidine groups is 1.